The molecule has 68 heavy (non-hydrogen) atoms. The topological polar surface area (TPSA) is 300 Å². The molecule has 374 valence electrons. The van der Waals surface area contributed by atoms with E-state index in [2.05, 4.69) is 48.9 Å². The van der Waals surface area contributed by atoms with Gasteiger partial charge < -0.3 is 56.7 Å². The summed E-state index contributed by atoms with van der Waals surface area (Å²) in [5.74, 6) is -3.48. The average Bonchev–Trinajstić information content (AvgIpc) is 3.32. The Hall–Kier alpha value is -5.96. The first-order valence-corrected chi connectivity index (χ1v) is 22.9. The molecular weight excluding hydrogens is 877 g/mol. The predicted octanol–water partition coefficient (Wildman–Crippen LogP) is 2.47. The number of nitrogens with two attached hydrogens (primary N) is 1. The molecule has 0 spiro atoms. The maximum atomic E-state index is 14.0. The van der Waals surface area contributed by atoms with Crippen LogP contribution in [0, 0.1) is 5.92 Å². The van der Waals surface area contributed by atoms with Crippen molar-refractivity contribution in [2.45, 2.75) is 110 Å². The van der Waals surface area contributed by atoms with Crippen LogP contribution in [-0.4, -0.2) is 122 Å². The molecule has 20 heteroatoms. The first-order valence-electron chi connectivity index (χ1n) is 22.9. The summed E-state index contributed by atoms with van der Waals surface area (Å²) < 4.78 is 16.4. The van der Waals surface area contributed by atoms with E-state index in [1.54, 1.807) is 60.7 Å². The van der Waals surface area contributed by atoms with Gasteiger partial charge in [0.2, 0.25) is 23.6 Å². The lowest BCUT2D eigenvalue weighted by atomic mass is 10.00. The summed E-state index contributed by atoms with van der Waals surface area (Å²) in [5, 5.41) is 42.8. The molecule has 0 radical (unpaired) electrons. The van der Waals surface area contributed by atoms with Gasteiger partial charge in [-0.2, -0.15) is 0 Å². The Balaban J connectivity index is 0.00000209. The second-order valence-corrected chi connectivity index (χ2v) is 16.1. The van der Waals surface area contributed by atoms with Gasteiger partial charge in [-0.15, -0.1) is 0 Å². The smallest absolute Gasteiger partial charge is 0.308 e. The fourth-order valence-electron chi connectivity index (χ4n) is 6.42. The second kappa shape index (κ2) is 35.2. The van der Waals surface area contributed by atoms with E-state index in [9.17, 15) is 34.2 Å². The minimum absolute atomic E-state index is 0.000906. The van der Waals surface area contributed by atoms with E-state index in [0.29, 0.717) is 5.56 Å². The second-order valence-electron chi connectivity index (χ2n) is 16.1. The molecule has 0 aliphatic heterocycles. The molecule has 4 amide bonds. The van der Waals surface area contributed by atoms with Crippen LogP contribution in [0.4, 0.5) is 0 Å². The van der Waals surface area contributed by atoms with E-state index in [0.717, 1.165) is 30.8 Å². The molecule has 3 aromatic carbocycles. The number of aliphatic hydroxyl groups excluding tert-OH is 2. The molecule has 3 unspecified atom stereocenters. The number of carbonyl (C=O) groups is 5. The molecule has 3 aromatic rings. The number of aliphatic hydroxyl groups is 2. The lowest BCUT2D eigenvalue weighted by Crippen LogP contribution is -2.61. The zero-order valence-corrected chi connectivity index (χ0v) is 39.7. The normalized spacial score (nSPS) is 13.5. The predicted molar refractivity (Wildman–Crippen MR) is 257 cm³/mol. The Kier molecular flexibility index (Phi) is 30.1. The van der Waals surface area contributed by atoms with Gasteiger partial charge in [0.05, 0.1) is 38.3 Å². The van der Waals surface area contributed by atoms with Crippen molar-refractivity contribution in [3.05, 3.63) is 118 Å². The Morgan fingerprint density at radius 3 is 1.91 bits per heavy atom. The minimum Gasteiger partial charge on any atom is -0.461 e. The van der Waals surface area contributed by atoms with Gasteiger partial charge in [0, 0.05) is 50.9 Å². The van der Waals surface area contributed by atoms with E-state index in [4.69, 9.17) is 25.5 Å². The van der Waals surface area contributed by atoms with Crippen LogP contribution in [0.1, 0.15) is 70.1 Å². The number of rotatable bonds is 32. The molecule has 0 saturated heterocycles. The molecule has 0 aliphatic carbocycles. The number of nitrogens with one attached hydrogen (secondary N) is 6. The Labute approximate surface area is 399 Å². The van der Waals surface area contributed by atoms with Crippen LogP contribution in [-0.2, 0) is 57.8 Å². The van der Waals surface area contributed by atoms with Crippen molar-refractivity contribution >= 4 is 29.6 Å². The maximum Gasteiger partial charge on any atom is 0.308 e. The van der Waals surface area contributed by atoms with Crippen LogP contribution in [0.5, 0.6) is 0 Å². The molecule has 0 heterocycles. The van der Waals surface area contributed by atoms with Gasteiger partial charge in [-0.05, 0) is 47.5 Å². The molecule has 0 aromatic heterocycles. The van der Waals surface area contributed by atoms with Gasteiger partial charge in [0.1, 0.15) is 24.9 Å². The largest absolute Gasteiger partial charge is 0.461 e. The number of carbonyl (C=O) groups excluding carboxylic acids is 5. The Morgan fingerprint density at radius 2 is 1.34 bits per heavy atom. The van der Waals surface area contributed by atoms with Crippen molar-refractivity contribution in [2.75, 3.05) is 45.9 Å². The van der Waals surface area contributed by atoms with E-state index in [1.165, 1.54) is 13.3 Å². The number of hydrogen-bond donors (Lipinski definition) is 9. The van der Waals surface area contributed by atoms with Crippen molar-refractivity contribution in [2.24, 2.45) is 16.8 Å². The van der Waals surface area contributed by atoms with Crippen molar-refractivity contribution in [3.63, 3.8) is 0 Å². The fourth-order valence-corrected chi connectivity index (χ4v) is 6.42. The van der Waals surface area contributed by atoms with Crippen molar-refractivity contribution in [1.82, 2.24) is 31.9 Å². The van der Waals surface area contributed by atoms with Crippen molar-refractivity contribution in [1.29, 1.82) is 0 Å². The van der Waals surface area contributed by atoms with E-state index in [1.807, 2.05) is 44.2 Å². The van der Waals surface area contributed by atoms with E-state index in [-0.39, 0.29) is 58.3 Å². The zero-order valence-electron chi connectivity index (χ0n) is 39.7. The van der Waals surface area contributed by atoms with Crippen LogP contribution >= 0.6 is 0 Å². The van der Waals surface area contributed by atoms with Gasteiger partial charge in [-0.25, -0.2) is 0 Å². The monoisotopic (exact) mass is 949 g/mol. The first-order chi connectivity index (χ1) is 32.8. The fraction of sp³-hybridized carbons (Fsp3) is 0.521. The lowest BCUT2D eigenvalue weighted by molar-refractivity contribution is -0.148. The molecule has 3 rings (SSSR count). The summed E-state index contributed by atoms with van der Waals surface area (Å²) in [5.41, 5.74) is 15.9. The lowest BCUT2D eigenvalue weighted by Gasteiger charge is -2.32. The van der Waals surface area contributed by atoms with Gasteiger partial charge in [0.25, 0.3) is 0 Å². The molecule has 0 bridgehead atoms. The van der Waals surface area contributed by atoms with Crippen LogP contribution in [0.15, 0.2) is 96.1 Å². The molecule has 20 nitrogen and oxygen atoms in total. The van der Waals surface area contributed by atoms with Crippen LogP contribution in [0.3, 0.4) is 0 Å². The van der Waals surface area contributed by atoms with Gasteiger partial charge in [-0.1, -0.05) is 117 Å². The summed E-state index contributed by atoms with van der Waals surface area (Å²) in [6.45, 7) is 10.3. The molecule has 6 atom stereocenters. The third-order valence-corrected chi connectivity index (χ3v) is 9.76. The number of nitrogens with zero attached hydrogens (tertiary/aromatic N) is 3. The summed E-state index contributed by atoms with van der Waals surface area (Å²) >= 11 is 0. The number of esters is 1. The van der Waals surface area contributed by atoms with Crippen molar-refractivity contribution in [3.8, 4) is 0 Å². The molecule has 0 fully saturated rings. The van der Waals surface area contributed by atoms with Crippen LogP contribution in [0.2, 0.25) is 0 Å². The maximum absolute atomic E-state index is 14.0. The standard InChI is InChI=1S/C43H58N8O10.C5H14N2/c1-29(2)23-34(41(56)49-35(24-31-13-7-4-8-14-31)40(55)45-19-21-59-22-20-46-51-44)48-43(58)37(26-39(54)61-28-33-17-11-6-12-18-33)50-42(57)36(47-30(3)52)25-38(53)60-27-32-15-9-5-10-16-32;1-2-4-7-5-3-6/h4-18,29,34-37,39,43,48,54,58H,19-28H2,1-3H3,(H,45,55)(H,47,52)(H,49,56)(H,50,57);7H,2-6H2,1H3/t34?,35-,36+,37-,39?,43?;/m0./s1. The quantitative estimate of drug-likeness (QED) is 0.0109. The number of azide groups is 1. The average molecular weight is 949 g/mol. The number of amides is 4. The molecule has 0 aliphatic rings. The van der Waals surface area contributed by atoms with Crippen LogP contribution < -0.4 is 37.6 Å². The van der Waals surface area contributed by atoms with Crippen LogP contribution in [0.25, 0.3) is 10.4 Å². The molecule has 0 saturated carbocycles. The molecular formula is C48H72N10O10. The summed E-state index contributed by atoms with van der Waals surface area (Å²) in [7, 11) is 0. The van der Waals surface area contributed by atoms with Gasteiger partial charge in [-0.3, -0.25) is 29.3 Å². The van der Waals surface area contributed by atoms with Gasteiger partial charge >= 0.3 is 5.97 Å². The highest BCUT2D eigenvalue weighted by molar-refractivity contribution is 5.91. The highest BCUT2D eigenvalue weighted by Gasteiger charge is 2.34. The summed E-state index contributed by atoms with van der Waals surface area (Å²) in [6, 6.07) is 22.0. The third-order valence-electron chi connectivity index (χ3n) is 9.76. The highest BCUT2D eigenvalue weighted by Crippen LogP contribution is 2.14. The SMILES string of the molecule is CC(=O)N[C@H](CC(=O)OCc1ccccc1)C(=O)N[C@@H](CC(O)OCc1ccccc1)C(O)NC(CC(C)C)C(=O)N[C@@H](Cc1ccccc1)C(=O)NCCOCCN=[N+]=[N-].CCCNCCN. The van der Waals surface area contributed by atoms with Gasteiger partial charge in [0.15, 0.2) is 6.29 Å². The first kappa shape index (κ1) is 58.2. The van der Waals surface area contributed by atoms with E-state index < -0.39 is 79.1 Å². The zero-order chi connectivity index (χ0) is 49.9. The summed E-state index contributed by atoms with van der Waals surface area (Å²) in [6.07, 6.45) is -2.67. The Bertz CT molecular complexity index is 1920. The highest BCUT2D eigenvalue weighted by atomic mass is 16.6. The van der Waals surface area contributed by atoms with Crippen molar-refractivity contribution < 1.29 is 48.4 Å². The number of ether oxygens (including phenoxy) is 3. The third kappa shape index (κ3) is 26.4. The Morgan fingerprint density at radius 1 is 0.735 bits per heavy atom. The summed E-state index contributed by atoms with van der Waals surface area (Å²) in [4.78, 5) is 69.0. The number of hydrogen-bond acceptors (Lipinski definition) is 14. The number of benzene rings is 3. The van der Waals surface area contributed by atoms with E-state index >= 15 is 0 Å². The minimum atomic E-state index is -1.71. The molecule has 10 N–H and O–H groups in total.